The molecule has 0 aromatic heterocycles. The molecule has 2 atom stereocenters. The molecular weight excluding hydrogens is 140 g/mol. The van der Waals surface area contributed by atoms with Crippen molar-refractivity contribution >= 4 is 0 Å². The van der Waals surface area contributed by atoms with Gasteiger partial charge < -0.3 is 22.9 Å². The van der Waals surface area contributed by atoms with Crippen LogP contribution in [0.25, 0.3) is 0 Å². The van der Waals surface area contributed by atoms with E-state index in [1.165, 1.54) is 0 Å². The van der Waals surface area contributed by atoms with Crippen molar-refractivity contribution in [2.75, 3.05) is 0 Å². The maximum Gasteiger partial charge on any atom is 0.0707 e. The van der Waals surface area contributed by atoms with Gasteiger partial charge in [-0.3, -0.25) is 0 Å². The lowest BCUT2D eigenvalue weighted by molar-refractivity contribution is 0.229. The molecule has 4 heteroatoms. The van der Waals surface area contributed by atoms with Gasteiger partial charge in [-0.2, -0.15) is 0 Å². The van der Waals surface area contributed by atoms with Gasteiger partial charge >= 0.3 is 0 Å². The Kier molecular flexibility index (Phi) is 2.49. The second kappa shape index (κ2) is 3.06. The van der Waals surface area contributed by atoms with E-state index in [4.69, 9.17) is 22.9 Å². The van der Waals surface area contributed by atoms with Gasteiger partial charge in [-0.1, -0.05) is 0 Å². The van der Waals surface area contributed by atoms with Crippen LogP contribution in [-0.4, -0.2) is 17.7 Å². The van der Waals surface area contributed by atoms with Crippen LogP contribution >= 0.6 is 0 Å². The maximum absolute atomic E-state index is 5.96. The first kappa shape index (κ1) is 8.93. The predicted molar refractivity (Wildman–Crippen MR) is 45.5 cm³/mol. The van der Waals surface area contributed by atoms with E-state index in [-0.39, 0.29) is 6.04 Å². The highest BCUT2D eigenvalue weighted by Gasteiger charge is 2.34. The van der Waals surface area contributed by atoms with Crippen LogP contribution < -0.4 is 22.9 Å². The summed E-state index contributed by atoms with van der Waals surface area (Å²) in [4.78, 5) is 0. The smallest absolute Gasteiger partial charge is 0.0707 e. The van der Waals surface area contributed by atoms with Gasteiger partial charge in [0.2, 0.25) is 0 Å². The first-order valence-corrected chi connectivity index (χ1v) is 4.10. The van der Waals surface area contributed by atoms with E-state index in [1.807, 2.05) is 0 Å². The molecule has 0 saturated heterocycles. The highest BCUT2D eigenvalue weighted by atomic mass is 15.0. The molecular formula is C7H18N4. The zero-order valence-corrected chi connectivity index (χ0v) is 6.79. The van der Waals surface area contributed by atoms with Gasteiger partial charge in [-0.25, -0.2) is 0 Å². The van der Waals surface area contributed by atoms with Crippen LogP contribution in [0.3, 0.4) is 0 Å². The molecule has 1 saturated carbocycles. The van der Waals surface area contributed by atoms with Crippen LogP contribution in [0.1, 0.15) is 25.7 Å². The average Bonchev–Trinajstić information content (AvgIpc) is 1.86. The van der Waals surface area contributed by atoms with Gasteiger partial charge in [0.05, 0.1) is 6.17 Å². The third-order valence-electron chi connectivity index (χ3n) is 2.52. The summed E-state index contributed by atoms with van der Waals surface area (Å²) in [5, 5.41) is 0. The summed E-state index contributed by atoms with van der Waals surface area (Å²) in [5.74, 6) is 0. The molecule has 1 aliphatic carbocycles. The molecule has 0 heterocycles. The number of hydrogen-bond donors (Lipinski definition) is 4. The van der Waals surface area contributed by atoms with Crippen molar-refractivity contribution < 1.29 is 0 Å². The van der Waals surface area contributed by atoms with Crippen molar-refractivity contribution in [1.29, 1.82) is 0 Å². The van der Waals surface area contributed by atoms with Gasteiger partial charge in [-0.15, -0.1) is 0 Å². The second-order valence-electron chi connectivity index (χ2n) is 3.62. The minimum atomic E-state index is -0.436. The summed E-state index contributed by atoms with van der Waals surface area (Å²) in [6.07, 6.45) is 3.31. The molecule has 1 rings (SSSR count). The lowest BCUT2D eigenvalue weighted by Crippen LogP contribution is -2.63. The zero-order valence-electron chi connectivity index (χ0n) is 6.79. The molecule has 0 aromatic carbocycles. The van der Waals surface area contributed by atoms with Gasteiger partial charge in [0.25, 0.3) is 0 Å². The van der Waals surface area contributed by atoms with Crippen LogP contribution in [0, 0.1) is 0 Å². The zero-order chi connectivity index (χ0) is 8.48. The van der Waals surface area contributed by atoms with Crippen molar-refractivity contribution in [2.45, 2.75) is 43.4 Å². The van der Waals surface area contributed by atoms with Gasteiger partial charge in [0.15, 0.2) is 0 Å². The fourth-order valence-electron chi connectivity index (χ4n) is 1.69. The SMILES string of the molecule is NC1CCCC(N)(C(N)N)C1. The maximum atomic E-state index is 5.96. The van der Waals surface area contributed by atoms with Crippen LogP contribution in [0.15, 0.2) is 0 Å². The Bertz CT molecular complexity index is 136. The third kappa shape index (κ3) is 1.90. The van der Waals surface area contributed by atoms with Crippen molar-refractivity contribution in [1.82, 2.24) is 0 Å². The summed E-state index contributed by atoms with van der Waals surface area (Å²) in [7, 11) is 0. The summed E-state index contributed by atoms with van der Waals surface area (Å²) in [5.41, 5.74) is 22.4. The van der Waals surface area contributed by atoms with Gasteiger partial charge in [-0.05, 0) is 25.7 Å². The second-order valence-corrected chi connectivity index (χ2v) is 3.62. The molecule has 11 heavy (non-hydrogen) atoms. The summed E-state index contributed by atoms with van der Waals surface area (Å²) >= 11 is 0. The first-order chi connectivity index (χ1) is 5.04. The monoisotopic (exact) mass is 158 g/mol. The Morgan fingerprint density at radius 1 is 1.36 bits per heavy atom. The fourth-order valence-corrected chi connectivity index (χ4v) is 1.69. The normalized spacial score (nSPS) is 39.5. The Labute approximate surface area is 67.3 Å². The molecule has 0 bridgehead atoms. The summed E-state index contributed by atoms with van der Waals surface area (Å²) in [6.45, 7) is 0. The van der Waals surface area contributed by atoms with Crippen molar-refractivity contribution in [3.8, 4) is 0 Å². The molecule has 0 aliphatic heterocycles. The highest BCUT2D eigenvalue weighted by Crippen LogP contribution is 2.25. The number of rotatable bonds is 1. The lowest BCUT2D eigenvalue weighted by atomic mass is 9.78. The van der Waals surface area contributed by atoms with Crippen LogP contribution in [0.2, 0.25) is 0 Å². The van der Waals surface area contributed by atoms with E-state index in [9.17, 15) is 0 Å². The third-order valence-corrected chi connectivity index (χ3v) is 2.52. The largest absolute Gasteiger partial charge is 0.328 e. The van der Waals surface area contributed by atoms with E-state index in [0.717, 1.165) is 25.7 Å². The molecule has 1 aliphatic rings. The Morgan fingerprint density at radius 3 is 2.36 bits per heavy atom. The van der Waals surface area contributed by atoms with Crippen LogP contribution in [0.4, 0.5) is 0 Å². The summed E-state index contributed by atoms with van der Waals surface area (Å²) < 4.78 is 0. The molecule has 0 amide bonds. The molecule has 8 N–H and O–H groups in total. The highest BCUT2D eigenvalue weighted by molar-refractivity contribution is 4.97. The van der Waals surface area contributed by atoms with E-state index in [0.29, 0.717) is 0 Å². The van der Waals surface area contributed by atoms with Crippen molar-refractivity contribution in [2.24, 2.45) is 22.9 Å². The Balaban J connectivity index is 2.55. The number of hydrogen-bond acceptors (Lipinski definition) is 4. The fraction of sp³-hybridized carbons (Fsp3) is 1.00. The van der Waals surface area contributed by atoms with E-state index >= 15 is 0 Å². The summed E-state index contributed by atoms with van der Waals surface area (Å²) in [6, 6.07) is 0.184. The Morgan fingerprint density at radius 2 is 2.00 bits per heavy atom. The lowest BCUT2D eigenvalue weighted by Gasteiger charge is -2.39. The van der Waals surface area contributed by atoms with E-state index in [2.05, 4.69) is 0 Å². The Hall–Kier alpha value is -0.160. The molecule has 1 fully saturated rings. The molecule has 66 valence electrons. The standard InChI is InChI=1S/C7H18N4/c8-5-2-1-3-7(11,4-5)6(9)10/h5-6H,1-4,8-11H2. The molecule has 0 spiro atoms. The molecule has 0 radical (unpaired) electrons. The van der Waals surface area contributed by atoms with Crippen LogP contribution in [-0.2, 0) is 0 Å². The topological polar surface area (TPSA) is 104 Å². The first-order valence-electron chi connectivity index (χ1n) is 4.10. The van der Waals surface area contributed by atoms with Crippen molar-refractivity contribution in [3.63, 3.8) is 0 Å². The van der Waals surface area contributed by atoms with Gasteiger partial charge in [0, 0.05) is 11.6 Å². The minimum Gasteiger partial charge on any atom is -0.328 e. The van der Waals surface area contributed by atoms with Crippen molar-refractivity contribution in [3.05, 3.63) is 0 Å². The van der Waals surface area contributed by atoms with E-state index < -0.39 is 11.7 Å². The quantitative estimate of drug-likeness (QED) is 0.361. The average molecular weight is 158 g/mol. The molecule has 2 unspecified atom stereocenters. The van der Waals surface area contributed by atoms with Gasteiger partial charge in [0.1, 0.15) is 0 Å². The minimum absolute atomic E-state index is 0.184. The molecule has 0 aromatic rings. The number of nitrogens with two attached hydrogens (primary N) is 4. The van der Waals surface area contributed by atoms with E-state index in [1.54, 1.807) is 0 Å². The molecule has 4 nitrogen and oxygen atoms in total. The van der Waals surface area contributed by atoms with Crippen LogP contribution in [0.5, 0.6) is 0 Å². The predicted octanol–water partition coefficient (Wildman–Crippen LogP) is -1.17.